The van der Waals surface area contributed by atoms with Gasteiger partial charge in [-0.2, -0.15) is 0 Å². The Hall–Kier alpha value is -2.58. The maximum Gasteiger partial charge on any atom is 0.0705 e. The summed E-state index contributed by atoms with van der Waals surface area (Å²) in [6.45, 7) is 3.27. The number of hydrogen-bond acceptors (Lipinski definition) is 2. The molecule has 0 unspecified atom stereocenters. The van der Waals surface area contributed by atoms with Crippen molar-refractivity contribution in [3.05, 3.63) is 78.9 Å². The largest absolute Gasteiger partial charge is 0.357 e. The normalized spacial score (nSPS) is 15.0. The van der Waals surface area contributed by atoms with E-state index in [-0.39, 0.29) is 0 Å². The summed E-state index contributed by atoms with van der Waals surface area (Å²) in [5.74, 6) is 0. The lowest BCUT2D eigenvalue weighted by molar-refractivity contribution is 0.421. The molecule has 1 saturated heterocycles. The van der Waals surface area contributed by atoms with Gasteiger partial charge in [-0.3, -0.25) is 4.90 Å². The molecule has 0 amide bonds. The first-order valence-electron chi connectivity index (χ1n) is 8.49. The Kier molecular flexibility index (Phi) is 4.06. The van der Waals surface area contributed by atoms with E-state index < -0.39 is 0 Å². The smallest absolute Gasteiger partial charge is 0.0705 e. The van der Waals surface area contributed by atoms with E-state index in [9.17, 15) is 0 Å². The number of benzene rings is 3. The number of rotatable bonds is 3. The van der Waals surface area contributed by atoms with Crippen molar-refractivity contribution in [3.63, 3.8) is 0 Å². The summed E-state index contributed by atoms with van der Waals surface area (Å²) in [5, 5.41) is 0. The van der Waals surface area contributed by atoms with Gasteiger partial charge in [-0.05, 0) is 41.4 Å². The first-order valence-corrected chi connectivity index (χ1v) is 8.49. The Morgan fingerprint density at radius 1 is 0.583 bits per heavy atom. The summed E-state index contributed by atoms with van der Waals surface area (Å²) in [4.78, 5) is 4.76. The second-order valence-corrected chi connectivity index (χ2v) is 6.47. The van der Waals surface area contributed by atoms with Crippen molar-refractivity contribution in [2.75, 3.05) is 31.7 Å². The van der Waals surface area contributed by atoms with Gasteiger partial charge in [0.05, 0.1) is 6.67 Å². The molecule has 0 bridgehead atoms. The Balaban J connectivity index is 1.53. The van der Waals surface area contributed by atoms with E-state index in [0.29, 0.717) is 0 Å². The third-order valence-electron chi connectivity index (χ3n) is 4.72. The van der Waals surface area contributed by atoms with Crippen LogP contribution in [0.25, 0.3) is 22.3 Å². The molecule has 0 saturated carbocycles. The van der Waals surface area contributed by atoms with Crippen LogP contribution in [-0.2, 0) is 0 Å². The zero-order valence-corrected chi connectivity index (χ0v) is 14.0. The van der Waals surface area contributed by atoms with E-state index in [0.717, 1.165) is 19.8 Å². The standard InChI is InChI=1S/C22H22N2/c1-23-15-16-24(17-23)22-13-11-21(12-14-22)20-9-7-19(8-10-20)18-5-3-2-4-6-18/h2-14H,15-17H2,1H3. The van der Waals surface area contributed by atoms with Crippen LogP contribution in [-0.4, -0.2) is 31.7 Å². The van der Waals surface area contributed by atoms with Gasteiger partial charge in [0, 0.05) is 18.8 Å². The average Bonchev–Trinajstić information content (AvgIpc) is 3.09. The molecule has 1 aliphatic heterocycles. The van der Waals surface area contributed by atoms with Gasteiger partial charge >= 0.3 is 0 Å². The fourth-order valence-corrected chi connectivity index (χ4v) is 3.29. The molecule has 2 nitrogen and oxygen atoms in total. The average molecular weight is 314 g/mol. The molecule has 1 heterocycles. The topological polar surface area (TPSA) is 6.48 Å². The van der Waals surface area contributed by atoms with Crippen molar-refractivity contribution in [3.8, 4) is 22.3 Å². The highest BCUT2D eigenvalue weighted by Gasteiger charge is 2.16. The molecule has 3 aromatic carbocycles. The van der Waals surface area contributed by atoms with Crippen molar-refractivity contribution in [2.24, 2.45) is 0 Å². The minimum Gasteiger partial charge on any atom is -0.357 e. The lowest BCUT2D eigenvalue weighted by Gasteiger charge is -2.18. The first kappa shape index (κ1) is 15.0. The van der Waals surface area contributed by atoms with Gasteiger partial charge in [0.25, 0.3) is 0 Å². The molecule has 0 radical (unpaired) electrons. The van der Waals surface area contributed by atoms with Crippen LogP contribution in [0.15, 0.2) is 78.9 Å². The molecule has 2 heteroatoms. The molecule has 1 aliphatic rings. The van der Waals surface area contributed by atoms with Crippen LogP contribution in [0.3, 0.4) is 0 Å². The SMILES string of the molecule is CN1CCN(c2ccc(-c3ccc(-c4ccccc4)cc3)cc2)C1. The van der Waals surface area contributed by atoms with Crippen LogP contribution < -0.4 is 4.90 Å². The van der Waals surface area contributed by atoms with Crippen LogP contribution in [0.1, 0.15) is 0 Å². The maximum absolute atomic E-state index is 2.42. The Bertz CT molecular complexity index is 792. The number of hydrogen-bond donors (Lipinski definition) is 0. The first-order chi connectivity index (χ1) is 11.8. The fraction of sp³-hybridized carbons (Fsp3) is 0.182. The van der Waals surface area contributed by atoms with Gasteiger partial charge in [0.2, 0.25) is 0 Å². The maximum atomic E-state index is 2.42. The van der Waals surface area contributed by atoms with Crippen LogP contribution in [0, 0.1) is 0 Å². The van der Waals surface area contributed by atoms with Crippen LogP contribution >= 0.6 is 0 Å². The summed E-state index contributed by atoms with van der Waals surface area (Å²) in [7, 11) is 2.17. The van der Waals surface area contributed by atoms with Crippen molar-refractivity contribution in [1.82, 2.24) is 4.90 Å². The van der Waals surface area contributed by atoms with Gasteiger partial charge in [-0.25, -0.2) is 0 Å². The minimum absolute atomic E-state index is 1.02. The Morgan fingerprint density at radius 2 is 1.08 bits per heavy atom. The van der Waals surface area contributed by atoms with E-state index >= 15 is 0 Å². The predicted octanol–water partition coefficient (Wildman–Crippen LogP) is 4.73. The lowest BCUT2D eigenvalue weighted by Crippen LogP contribution is -2.22. The third-order valence-corrected chi connectivity index (χ3v) is 4.72. The van der Waals surface area contributed by atoms with Gasteiger partial charge in [0.1, 0.15) is 0 Å². The van der Waals surface area contributed by atoms with E-state index in [2.05, 4.69) is 95.7 Å². The van der Waals surface area contributed by atoms with E-state index in [1.807, 2.05) is 0 Å². The molecule has 0 atom stereocenters. The molecule has 4 rings (SSSR count). The molecule has 0 spiro atoms. The highest BCUT2D eigenvalue weighted by Crippen LogP contribution is 2.27. The number of likely N-dealkylation sites (N-methyl/N-ethyl adjacent to an activating group) is 1. The highest BCUT2D eigenvalue weighted by molar-refractivity contribution is 5.71. The Labute approximate surface area is 144 Å². The molecule has 0 aromatic heterocycles. The highest BCUT2D eigenvalue weighted by atomic mass is 15.4. The van der Waals surface area contributed by atoms with E-state index in [4.69, 9.17) is 0 Å². The van der Waals surface area contributed by atoms with Crippen molar-refractivity contribution >= 4 is 5.69 Å². The molecular weight excluding hydrogens is 292 g/mol. The summed E-state index contributed by atoms with van der Waals surface area (Å²) < 4.78 is 0. The van der Waals surface area contributed by atoms with Gasteiger partial charge in [-0.1, -0.05) is 66.7 Å². The summed E-state index contributed by atoms with van der Waals surface area (Å²) in [5.41, 5.74) is 6.36. The van der Waals surface area contributed by atoms with Crippen molar-refractivity contribution < 1.29 is 0 Å². The van der Waals surface area contributed by atoms with Gasteiger partial charge < -0.3 is 4.90 Å². The molecule has 0 aliphatic carbocycles. The van der Waals surface area contributed by atoms with Crippen molar-refractivity contribution in [2.45, 2.75) is 0 Å². The van der Waals surface area contributed by atoms with Crippen molar-refractivity contribution in [1.29, 1.82) is 0 Å². The summed E-state index contributed by atoms with van der Waals surface area (Å²) in [6.07, 6.45) is 0. The quantitative estimate of drug-likeness (QED) is 0.689. The number of nitrogens with zero attached hydrogens (tertiary/aromatic N) is 2. The van der Waals surface area contributed by atoms with Crippen LogP contribution in [0.5, 0.6) is 0 Å². The monoisotopic (exact) mass is 314 g/mol. The zero-order chi connectivity index (χ0) is 16.4. The van der Waals surface area contributed by atoms with Crippen LogP contribution in [0.4, 0.5) is 5.69 Å². The third kappa shape index (κ3) is 3.06. The summed E-state index contributed by atoms with van der Waals surface area (Å²) >= 11 is 0. The second kappa shape index (κ2) is 6.50. The van der Waals surface area contributed by atoms with Gasteiger partial charge in [-0.15, -0.1) is 0 Å². The molecule has 1 fully saturated rings. The number of anilines is 1. The molecule has 120 valence electrons. The fourth-order valence-electron chi connectivity index (χ4n) is 3.29. The molecular formula is C22H22N2. The second-order valence-electron chi connectivity index (χ2n) is 6.47. The van der Waals surface area contributed by atoms with E-state index in [1.165, 1.54) is 27.9 Å². The van der Waals surface area contributed by atoms with E-state index in [1.54, 1.807) is 0 Å². The predicted molar refractivity (Wildman–Crippen MR) is 102 cm³/mol. The zero-order valence-electron chi connectivity index (χ0n) is 14.0. The molecule has 0 N–H and O–H groups in total. The van der Waals surface area contributed by atoms with Crippen LogP contribution in [0.2, 0.25) is 0 Å². The molecule has 3 aromatic rings. The lowest BCUT2D eigenvalue weighted by atomic mass is 10.0. The summed E-state index contributed by atoms with van der Waals surface area (Å²) in [6, 6.07) is 28.3. The Morgan fingerprint density at radius 3 is 1.58 bits per heavy atom. The molecule has 24 heavy (non-hydrogen) atoms. The minimum atomic E-state index is 1.02. The van der Waals surface area contributed by atoms with Gasteiger partial charge in [0.15, 0.2) is 0 Å².